The third-order valence-electron chi connectivity index (χ3n) is 5.25. The molecule has 158 valence electrons. The van der Waals surface area contributed by atoms with Crippen molar-refractivity contribution < 1.29 is 4.74 Å². The molecule has 0 aliphatic heterocycles. The van der Waals surface area contributed by atoms with Crippen molar-refractivity contribution in [2.24, 2.45) is 0 Å². The molecule has 0 fully saturated rings. The van der Waals surface area contributed by atoms with Gasteiger partial charge in [0.15, 0.2) is 0 Å². The Hall–Kier alpha value is -2.78. The van der Waals surface area contributed by atoms with Crippen LogP contribution in [0.5, 0.6) is 5.75 Å². The minimum atomic E-state index is 0.191. The summed E-state index contributed by atoms with van der Waals surface area (Å²) in [5.41, 5.74) is 5.22. The smallest absolute Gasteiger partial charge is 0.119 e. The van der Waals surface area contributed by atoms with Crippen LogP contribution in [0.4, 0.5) is 5.69 Å². The lowest BCUT2D eigenvalue weighted by molar-refractivity contribution is 0.242. The molecule has 0 aromatic heterocycles. The maximum atomic E-state index is 5.81. The van der Waals surface area contributed by atoms with E-state index >= 15 is 0 Å². The second-order valence-electron chi connectivity index (χ2n) is 8.23. The number of nitrogens with zero attached hydrogens (tertiary/aromatic N) is 1. The van der Waals surface area contributed by atoms with Crippen LogP contribution in [0.25, 0.3) is 0 Å². The average Bonchev–Trinajstić information content (AvgIpc) is 2.75. The van der Waals surface area contributed by atoms with Crippen molar-refractivity contribution in [1.29, 1.82) is 0 Å². The summed E-state index contributed by atoms with van der Waals surface area (Å²) in [5.74, 6) is 1.29. The number of anilines is 1. The van der Waals surface area contributed by atoms with Gasteiger partial charge in [0.05, 0.1) is 6.10 Å². The second-order valence-corrected chi connectivity index (χ2v) is 8.23. The summed E-state index contributed by atoms with van der Waals surface area (Å²) in [6.07, 6.45) is 1.24. The molecule has 3 aromatic rings. The molecular weight excluding hydrogens is 368 g/mol. The molecule has 0 saturated heterocycles. The van der Waals surface area contributed by atoms with Crippen LogP contribution in [-0.2, 0) is 6.54 Å². The van der Waals surface area contributed by atoms with Gasteiger partial charge in [-0.15, -0.1) is 0 Å². The van der Waals surface area contributed by atoms with Gasteiger partial charge in [-0.3, -0.25) is 0 Å². The van der Waals surface area contributed by atoms with Crippen molar-refractivity contribution in [2.45, 2.75) is 38.8 Å². The van der Waals surface area contributed by atoms with Gasteiger partial charge in [0.25, 0.3) is 0 Å². The van der Waals surface area contributed by atoms with Gasteiger partial charge in [-0.25, -0.2) is 0 Å². The molecule has 3 rings (SSSR count). The van der Waals surface area contributed by atoms with Crippen LogP contribution in [0.3, 0.4) is 0 Å². The zero-order chi connectivity index (χ0) is 21.3. The van der Waals surface area contributed by atoms with E-state index in [4.69, 9.17) is 4.74 Å². The Morgan fingerprint density at radius 3 is 2.03 bits per heavy atom. The monoisotopic (exact) mass is 402 g/mol. The average molecular weight is 403 g/mol. The highest BCUT2D eigenvalue weighted by Gasteiger charge is 2.14. The Balaban J connectivity index is 1.62. The van der Waals surface area contributed by atoms with E-state index in [2.05, 4.69) is 117 Å². The first kappa shape index (κ1) is 21.9. The molecule has 0 spiro atoms. The maximum absolute atomic E-state index is 5.81. The first-order valence-electron chi connectivity index (χ1n) is 10.8. The van der Waals surface area contributed by atoms with Crippen molar-refractivity contribution in [3.8, 4) is 5.75 Å². The molecule has 3 nitrogen and oxygen atoms in total. The van der Waals surface area contributed by atoms with Crippen LogP contribution >= 0.6 is 0 Å². The molecule has 3 aromatic carbocycles. The summed E-state index contributed by atoms with van der Waals surface area (Å²) in [6.45, 7) is 5.95. The molecule has 0 aliphatic rings. The van der Waals surface area contributed by atoms with E-state index in [9.17, 15) is 0 Å². The van der Waals surface area contributed by atoms with Gasteiger partial charge in [-0.05, 0) is 67.8 Å². The van der Waals surface area contributed by atoms with Crippen LogP contribution in [-0.4, -0.2) is 26.7 Å². The van der Waals surface area contributed by atoms with E-state index in [1.165, 1.54) is 22.4 Å². The molecule has 0 unspecified atom stereocenters. The van der Waals surface area contributed by atoms with E-state index < -0.39 is 0 Å². The zero-order valence-corrected chi connectivity index (χ0v) is 18.6. The number of nitrogens with one attached hydrogen (secondary N) is 1. The number of hydrogen-bond donors (Lipinski definition) is 1. The van der Waals surface area contributed by atoms with Crippen LogP contribution < -0.4 is 15.0 Å². The molecule has 0 amide bonds. The summed E-state index contributed by atoms with van der Waals surface area (Å²) in [7, 11) is 4.14. The summed E-state index contributed by atoms with van der Waals surface area (Å²) < 4.78 is 5.81. The molecule has 0 radical (unpaired) electrons. The quantitative estimate of drug-likeness (QED) is 0.430. The molecule has 0 bridgehead atoms. The third kappa shape index (κ3) is 6.36. The molecule has 1 atom stereocenters. The number of benzene rings is 3. The minimum absolute atomic E-state index is 0.191. The van der Waals surface area contributed by atoms with Crippen molar-refractivity contribution in [2.75, 3.05) is 25.5 Å². The first-order valence-corrected chi connectivity index (χ1v) is 10.8. The summed E-state index contributed by atoms with van der Waals surface area (Å²) in [4.78, 5) is 2.12. The van der Waals surface area contributed by atoms with E-state index in [0.29, 0.717) is 5.92 Å². The topological polar surface area (TPSA) is 24.5 Å². The van der Waals surface area contributed by atoms with Gasteiger partial charge in [-0.2, -0.15) is 0 Å². The Morgan fingerprint density at radius 1 is 0.800 bits per heavy atom. The van der Waals surface area contributed by atoms with E-state index in [1.54, 1.807) is 0 Å². The molecule has 30 heavy (non-hydrogen) atoms. The largest absolute Gasteiger partial charge is 0.491 e. The number of hydrogen-bond acceptors (Lipinski definition) is 3. The molecule has 0 aliphatic carbocycles. The second kappa shape index (κ2) is 10.8. The highest BCUT2D eigenvalue weighted by molar-refractivity contribution is 5.46. The van der Waals surface area contributed by atoms with Crippen molar-refractivity contribution in [3.05, 3.63) is 95.6 Å². The fourth-order valence-corrected chi connectivity index (χ4v) is 3.65. The molecule has 3 heteroatoms. The van der Waals surface area contributed by atoms with Crippen molar-refractivity contribution >= 4 is 5.69 Å². The summed E-state index contributed by atoms with van der Waals surface area (Å²) in [6, 6.07) is 28.1. The first-order chi connectivity index (χ1) is 14.5. The molecule has 1 N–H and O–H groups in total. The lowest BCUT2D eigenvalue weighted by atomic mass is 9.88. The van der Waals surface area contributed by atoms with Crippen molar-refractivity contribution in [3.63, 3.8) is 0 Å². The van der Waals surface area contributed by atoms with Crippen molar-refractivity contribution in [1.82, 2.24) is 5.32 Å². The fraction of sp³-hybridized carbons (Fsp3) is 0.333. The van der Waals surface area contributed by atoms with Gasteiger partial charge < -0.3 is 15.0 Å². The lowest BCUT2D eigenvalue weighted by Gasteiger charge is -2.19. The van der Waals surface area contributed by atoms with E-state index in [-0.39, 0.29) is 6.10 Å². The Morgan fingerprint density at radius 2 is 1.43 bits per heavy atom. The van der Waals surface area contributed by atoms with Crippen LogP contribution in [0.1, 0.15) is 42.9 Å². The SMILES string of the molecule is CC(C)Oc1ccc([C@@H](CCNCc2ccc(N(C)C)cc2)c2ccccc2)cc1. The Labute approximate surface area is 181 Å². The normalized spacial score (nSPS) is 12.0. The highest BCUT2D eigenvalue weighted by Crippen LogP contribution is 2.29. The maximum Gasteiger partial charge on any atom is 0.119 e. The third-order valence-corrected chi connectivity index (χ3v) is 5.25. The number of ether oxygens (including phenoxy) is 1. The Bertz CT molecular complexity index is 871. The number of rotatable bonds is 10. The lowest BCUT2D eigenvalue weighted by Crippen LogP contribution is -2.18. The highest BCUT2D eigenvalue weighted by atomic mass is 16.5. The molecule has 0 saturated carbocycles. The minimum Gasteiger partial charge on any atom is -0.491 e. The summed E-state index contributed by atoms with van der Waals surface area (Å²) in [5, 5.41) is 3.62. The molecular formula is C27H34N2O. The Kier molecular flexibility index (Phi) is 7.92. The zero-order valence-electron chi connectivity index (χ0n) is 18.6. The predicted octanol–water partition coefficient (Wildman–Crippen LogP) is 5.85. The van der Waals surface area contributed by atoms with Gasteiger partial charge >= 0.3 is 0 Å². The van der Waals surface area contributed by atoms with Gasteiger partial charge in [0.1, 0.15) is 5.75 Å². The fourth-order valence-electron chi connectivity index (χ4n) is 3.65. The van der Waals surface area contributed by atoms with Gasteiger partial charge in [0, 0.05) is 32.2 Å². The van der Waals surface area contributed by atoms with Crippen LogP contribution in [0.2, 0.25) is 0 Å². The van der Waals surface area contributed by atoms with Gasteiger partial charge in [-0.1, -0.05) is 54.6 Å². The van der Waals surface area contributed by atoms with Gasteiger partial charge in [0.2, 0.25) is 0 Å². The standard InChI is InChI=1S/C27H34N2O/c1-21(2)30-26-16-12-24(13-17-26)27(23-8-6-5-7-9-23)18-19-28-20-22-10-14-25(15-11-22)29(3)4/h5-17,21,27-28H,18-20H2,1-4H3/t27-/m0/s1. The van der Waals surface area contributed by atoms with Crippen LogP contribution in [0.15, 0.2) is 78.9 Å². The van der Waals surface area contributed by atoms with Crippen LogP contribution in [0, 0.1) is 0 Å². The molecule has 0 heterocycles. The van der Waals surface area contributed by atoms with E-state index in [1.807, 2.05) is 0 Å². The predicted molar refractivity (Wildman–Crippen MR) is 128 cm³/mol. The summed E-state index contributed by atoms with van der Waals surface area (Å²) >= 11 is 0. The van der Waals surface area contributed by atoms with E-state index in [0.717, 1.165) is 25.3 Å².